The van der Waals surface area contributed by atoms with Crippen LogP contribution >= 0.6 is 23.8 Å². The van der Waals surface area contributed by atoms with Gasteiger partial charge in [0.2, 0.25) is 0 Å². The Kier molecular flexibility index (Phi) is 8.92. The molecule has 0 saturated heterocycles. The topological polar surface area (TPSA) is 87.4 Å². The van der Waals surface area contributed by atoms with Gasteiger partial charge in [0, 0.05) is 36.1 Å². The van der Waals surface area contributed by atoms with Crippen LogP contribution in [0.25, 0.3) is 22.2 Å². The van der Waals surface area contributed by atoms with Crippen LogP contribution in [-0.4, -0.2) is 19.4 Å². The quantitative estimate of drug-likeness (QED) is 0.0965. The number of hydrogen-bond acceptors (Lipinski definition) is 6. The van der Waals surface area contributed by atoms with Gasteiger partial charge in [-0.1, -0.05) is 58.4 Å². The molecule has 0 radical (unpaired) electrons. The Morgan fingerprint density at radius 3 is 2.60 bits per heavy atom. The highest BCUT2D eigenvalue weighted by Crippen LogP contribution is 2.37. The zero-order chi connectivity index (χ0) is 31.3. The van der Waals surface area contributed by atoms with E-state index in [1.165, 1.54) is 22.9 Å². The summed E-state index contributed by atoms with van der Waals surface area (Å²) in [6, 6.07) is 24.7. The van der Waals surface area contributed by atoms with E-state index < -0.39 is 23.1 Å². The van der Waals surface area contributed by atoms with Gasteiger partial charge in [-0.25, -0.2) is 17.7 Å². The molecular formula is C33H23ClF2N4O4S. The number of aromatic nitrogens is 3. The number of para-hydroxylation sites is 1. The summed E-state index contributed by atoms with van der Waals surface area (Å²) in [6.45, 7) is 0.115. The van der Waals surface area contributed by atoms with Crippen LogP contribution in [0.2, 0.25) is 5.02 Å². The Labute approximate surface area is 265 Å². The lowest BCUT2D eigenvalue weighted by Gasteiger charge is -2.10. The summed E-state index contributed by atoms with van der Waals surface area (Å²) in [5.41, 5.74) is 2.70. The van der Waals surface area contributed by atoms with Crippen molar-refractivity contribution < 1.29 is 22.8 Å². The van der Waals surface area contributed by atoms with Gasteiger partial charge in [-0.2, -0.15) is 0 Å². The molecular weight excluding hydrogens is 622 g/mol. The molecule has 1 N–H and O–H groups in total. The van der Waals surface area contributed by atoms with Crippen molar-refractivity contribution in [2.45, 2.75) is 13.1 Å². The van der Waals surface area contributed by atoms with Crippen LogP contribution in [0.5, 0.6) is 5.75 Å². The van der Waals surface area contributed by atoms with Gasteiger partial charge in [0.05, 0.1) is 11.6 Å². The van der Waals surface area contributed by atoms with E-state index in [2.05, 4.69) is 10.3 Å². The zero-order valence-corrected chi connectivity index (χ0v) is 24.9. The standard InChI is InChI=1S/C33H23ClF2N4O4S/c34-27-13-14-37-31-30(27)26(20-40(31)45-44-43-24-8-2-1-3-9-24)23-7-4-6-21(16-23)18-38-32(41)25-10-5-15-39(33(25)42)19-22-11-12-28(35)29(36)17-22/h1-17,20H,18-19H2,(H,38,41). The number of amides is 1. The third-order valence-corrected chi connectivity index (χ3v) is 7.76. The lowest BCUT2D eigenvalue weighted by molar-refractivity contribution is -0.0785. The van der Waals surface area contributed by atoms with E-state index in [1.807, 2.05) is 48.7 Å². The van der Waals surface area contributed by atoms with Crippen LogP contribution in [-0.2, 0) is 17.4 Å². The van der Waals surface area contributed by atoms with Crippen LogP contribution in [0.15, 0.2) is 114 Å². The number of pyridine rings is 2. The zero-order valence-electron chi connectivity index (χ0n) is 23.3. The maximum Gasteiger partial charge on any atom is 0.263 e. The molecule has 0 saturated carbocycles. The van der Waals surface area contributed by atoms with E-state index in [-0.39, 0.29) is 18.7 Å². The predicted octanol–water partition coefficient (Wildman–Crippen LogP) is 7.20. The van der Waals surface area contributed by atoms with Gasteiger partial charge in [-0.15, -0.1) is 0 Å². The fourth-order valence-corrected chi connectivity index (χ4v) is 5.50. The molecule has 6 rings (SSSR count). The van der Waals surface area contributed by atoms with Gasteiger partial charge in [0.25, 0.3) is 11.5 Å². The summed E-state index contributed by atoms with van der Waals surface area (Å²) >= 11 is 7.54. The van der Waals surface area contributed by atoms with Crippen molar-refractivity contribution in [3.8, 4) is 16.9 Å². The van der Waals surface area contributed by atoms with E-state index in [1.54, 1.807) is 34.4 Å². The number of halogens is 3. The van der Waals surface area contributed by atoms with Gasteiger partial charge in [-0.3, -0.25) is 9.59 Å². The maximum atomic E-state index is 13.6. The minimum atomic E-state index is -1.01. The van der Waals surface area contributed by atoms with Crippen molar-refractivity contribution in [3.63, 3.8) is 0 Å². The first-order valence-corrected chi connectivity index (χ1v) is 14.7. The highest BCUT2D eigenvalue weighted by atomic mass is 35.5. The van der Waals surface area contributed by atoms with Crippen molar-refractivity contribution >= 4 is 40.8 Å². The lowest BCUT2D eigenvalue weighted by Crippen LogP contribution is -2.32. The second-order valence-electron chi connectivity index (χ2n) is 9.89. The second-order valence-corrected chi connectivity index (χ2v) is 11.0. The molecule has 0 spiro atoms. The number of hydrogen-bond donors (Lipinski definition) is 1. The monoisotopic (exact) mass is 644 g/mol. The maximum absolute atomic E-state index is 13.6. The van der Waals surface area contributed by atoms with Crippen molar-refractivity contribution in [1.29, 1.82) is 0 Å². The second kappa shape index (κ2) is 13.3. The molecule has 226 valence electrons. The van der Waals surface area contributed by atoms with Crippen LogP contribution < -0.4 is 15.8 Å². The summed E-state index contributed by atoms with van der Waals surface area (Å²) in [6.07, 6.45) is 4.92. The van der Waals surface area contributed by atoms with Gasteiger partial charge in [0.15, 0.2) is 35.3 Å². The summed E-state index contributed by atoms with van der Waals surface area (Å²) < 4.78 is 35.3. The summed E-state index contributed by atoms with van der Waals surface area (Å²) in [5.74, 6) is -2.01. The Morgan fingerprint density at radius 2 is 1.78 bits per heavy atom. The Bertz CT molecular complexity index is 2070. The number of rotatable bonds is 10. The molecule has 0 aliphatic heterocycles. The highest BCUT2D eigenvalue weighted by molar-refractivity contribution is 7.93. The van der Waals surface area contributed by atoms with Crippen LogP contribution in [0.3, 0.4) is 0 Å². The highest BCUT2D eigenvalue weighted by Gasteiger charge is 2.17. The van der Waals surface area contributed by atoms with E-state index in [0.717, 1.165) is 41.1 Å². The van der Waals surface area contributed by atoms with Crippen LogP contribution in [0, 0.1) is 11.6 Å². The Hall–Kier alpha value is -4.97. The molecule has 12 heteroatoms. The fourth-order valence-electron chi connectivity index (χ4n) is 4.72. The normalized spacial score (nSPS) is 11.1. The van der Waals surface area contributed by atoms with Gasteiger partial charge >= 0.3 is 0 Å². The third kappa shape index (κ3) is 6.75. The molecule has 0 unspecified atom stereocenters. The van der Waals surface area contributed by atoms with Crippen molar-refractivity contribution in [2.75, 3.05) is 0 Å². The van der Waals surface area contributed by atoms with Crippen molar-refractivity contribution in [2.24, 2.45) is 0 Å². The van der Waals surface area contributed by atoms with Crippen molar-refractivity contribution in [3.05, 3.63) is 153 Å². The SMILES string of the molecule is O=C(NCc1cccc(-c2cn(SOOc3ccccc3)c3nccc(Cl)c23)c1)c1cccn(Cc2ccc(F)c(F)c2)c1=O. The van der Waals surface area contributed by atoms with E-state index >= 15 is 0 Å². The number of nitrogens with one attached hydrogen (secondary N) is 1. The smallest absolute Gasteiger partial charge is 0.263 e. The molecule has 8 nitrogen and oxygen atoms in total. The lowest BCUT2D eigenvalue weighted by atomic mass is 10.0. The first-order chi connectivity index (χ1) is 21.9. The number of benzene rings is 3. The minimum absolute atomic E-state index is 0.0219. The Balaban J connectivity index is 1.18. The molecule has 0 aliphatic carbocycles. The van der Waals surface area contributed by atoms with Crippen LogP contribution in [0.1, 0.15) is 21.5 Å². The third-order valence-electron chi connectivity index (χ3n) is 6.88. The average Bonchev–Trinajstić information content (AvgIpc) is 3.43. The van der Waals surface area contributed by atoms with E-state index in [9.17, 15) is 18.4 Å². The van der Waals surface area contributed by atoms with Crippen molar-refractivity contribution in [1.82, 2.24) is 18.8 Å². The molecule has 0 fully saturated rings. The fraction of sp³-hybridized carbons (Fsp3) is 0.0606. The molecule has 3 heterocycles. The molecule has 3 aromatic carbocycles. The van der Waals surface area contributed by atoms with Crippen LogP contribution in [0.4, 0.5) is 8.78 Å². The molecule has 6 aromatic rings. The molecule has 0 bridgehead atoms. The summed E-state index contributed by atoms with van der Waals surface area (Å²) in [4.78, 5) is 35.9. The molecule has 0 atom stereocenters. The first-order valence-electron chi connectivity index (χ1n) is 13.6. The molecule has 1 amide bonds. The number of nitrogens with zero attached hydrogens (tertiary/aromatic N) is 3. The first kappa shape index (κ1) is 30.1. The van der Waals surface area contributed by atoms with Gasteiger partial charge < -0.3 is 14.8 Å². The number of carbonyl (C=O) groups excluding carboxylic acids is 1. The van der Waals surface area contributed by atoms with Gasteiger partial charge in [0.1, 0.15) is 5.56 Å². The van der Waals surface area contributed by atoms with Gasteiger partial charge in [-0.05, 0) is 65.2 Å². The molecule has 45 heavy (non-hydrogen) atoms. The predicted molar refractivity (Wildman–Crippen MR) is 169 cm³/mol. The number of carbonyl (C=O) groups is 1. The minimum Gasteiger partial charge on any atom is -0.348 e. The number of fused-ring (bicyclic) bond motifs is 1. The summed E-state index contributed by atoms with van der Waals surface area (Å²) in [7, 11) is 0. The van der Waals surface area contributed by atoms with E-state index in [0.29, 0.717) is 27.4 Å². The molecule has 0 aliphatic rings. The van der Waals surface area contributed by atoms with E-state index in [4.69, 9.17) is 20.8 Å². The average molecular weight is 645 g/mol. The largest absolute Gasteiger partial charge is 0.348 e. The molecule has 3 aromatic heterocycles. The Morgan fingerprint density at radius 1 is 0.933 bits per heavy atom. The summed E-state index contributed by atoms with van der Waals surface area (Å²) in [5, 5.41) is 4.00.